The molecule has 2 rings (SSSR count). The van der Waals surface area contributed by atoms with Gasteiger partial charge in [-0.15, -0.1) is 0 Å². The van der Waals surface area contributed by atoms with Gasteiger partial charge in [-0.3, -0.25) is 0 Å². The molecule has 0 fully saturated rings. The highest BCUT2D eigenvalue weighted by atomic mass is 16.3. The predicted molar refractivity (Wildman–Crippen MR) is 82.8 cm³/mol. The van der Waals surface area contributed by atoms with Gasteiger partial charge in [-0.25, -0.2) is 0 Å². The number of fused-ring (bicyclic) bond motifs is 1. The summed E-state index contributed by atoms with van der Waals surface area (Å²) in [6.07, 6.45) is 3.80. The molecular formula is C17H25NO2. The number of aryl methyl sites for hydroxylation is 1. The number of para-hydroxylation sites is 1. The van der Waals surface area contributed by atoms with Gasteiger partial charge in [0.1, 0.15) is 11.3 Å². The molecule has 0 saturated carbocycles. The van der Waals surface area contributed by atoms with Crippen molar-refractivity contribution in [3.05, 3.63) is 35.6 Å². The summed E-state index contributed by atoms with van der Waals surface area (Å²) in [6, 6.07) is 8.19. The molecule has 20 heavy (non-hydrogen) atoms. The molecule has 0 aliphatic carbocycles. The molecule has 0 saturated heterocycles. The zero-order valence-corrected chi connectivity index (χ0v) is 12.5. The fraction of sp³-hybridized carbons (Fsp3) is 0.529. The molecule has 3 nitrogen and oxygen atoms in total. The minimum atomic E-state index is -0.271. The van der Waals surface area contributed by atoms with E-state index in [1.165, 1.54) is 17.4 Å². The van der Waals surface area contributed by atoms with Crippen molar-refractivity contribution in [2.75, 3.05) is 6.54 Å². The van der Waals surface area contributed by atoms with E-state index in [1.807, 2.05) is 25.1 Å². The van der Waals surface area contributed by atoms with Crippen molar-refractivity contribution in [3.8, 4) is 0 Å². The van der Waals surface area contributed by atoms with Gasteiger partial charge in [0, 0.05) is 30.5 Å². The van der Waals surface area contributed by atoms with E-state index in [0.29, 0.717) is 6.54 Å². The van der Waals surface area contributed by atoms with Gasteiger partial charge in [-0.05, 0) is 18.9 Å². The number of unbranched alkanes of at least 4 members (excludes halogenated alkanes) is 1. The summed E-state index contributed by atoms with van der Waals surface area (Å²) in [5.41, 5.74) is 2.21. The minimum Gasteiger partial charge on any atom is -0.461 e. The number of aliphatic hydroxyl groups excluding tert-OH is 1. The van der Waals surface area contributed by atoms with Gasteiger partial charge >= 0.3 is 0 Å². The summed E-state index contributed by atoms with van der Waals surface area (Å²) in [4.78, 5) is 0. The average Bonchev–Trinajstić information content (AvgIpc) is 2.83. The third-order valence-electron chi connectivity index (χ3n) is 3.69. The maximum atomic E-state index is 9.62. The first-order chi connectivity index (χ1) is 9.76. The van der Waals surface area contributed by atoms with E-state index in [4.69, 9.17) is 4.42 Å². The molecule has 1 atom stereocenters. The summed E-state index contributed by atoms with van der Waals surface area (Å²) in [5, 5.41) is 14.2. The maximum Gasteiger partial charge on any atom is 0.134 e. The second kappa shape index (κ2) is 7.46. The van der Waals surface area contributed by atoms with Crippen molar-refractivity contribution < 1.29 is 9.52 Å². The number of aliphatic hydroxyl groups is 1. The molecular weight excluding hydrogens is 250 g/mol. The van der Waals surface area contributed by atoms with Crippen molar-refractivity contribution >= 4 is 11.0 Å². The second-order valence-electron chi connectivity index (χ2n) is 5.30. The zero-order chi connectivity index (χ0) is 14.4. The molecule has 0 aliphatic heterocycles. The van der Waals surface area contributed by atoms with Crippen molar-refractivity contribution in [1.82, 2.24) is 5.32 Å². The van der Waals surface area contributed by atoms with Gasteiger partial charge in [0.15, 0.2) is 0 Å². The van der Waals surface area contributed by atoms with Crippen molar-refractivity contribution in [1.29, 1.82) is 0 Å². The van der Waals surface area contributed by atoms with Crippen LogP contribution in [0.3, 0.4) is 0 Å². The number of benzene rings is 1. The predicted octanol–water partition coefficient (Wildman–Crippen LogP) is 3.64. The minimum absolute atomic E-state index is 0.271. The van der Waals surface area contributed by atoms with Gasteiger partial charge < -0.3 is 14.8 Å². The second-order valence-corrected chi connectivity index (χ2v) is 5.30. The van der Waals surface area contributed by atoms with Crippen LogP contribution in [0.2, 0.25) is 0 Å². The van der Waals surface area contributed by atoms with Crippen LogP contribution in [0.1, 0.15) is 44.4 Å². The van der Waals surface area contributed by atoms with Gasteiger partial charge in [-0.2, -0.15) is 0 Å². The van der Waals surface area contributed by atoms with Crippen LogP contribution in [0.5, 0.6) is 0 Å². The molecule has 0 bridgehead atoms. The Morgan fingerprint density at radius 1 is 1.25 bits per heavy atom. The van der Waals surface area contributed by atoms with Gasteiger partial charge in [0.2, 0.25) is 0 Å². The lowest BCUT2D eigenvalue weighted by atomic mass is 10.1. The van der Waals surface area contributed by atoms with E-state index in [9.17, 15) is 5.11 Å². The normalized spacial score (nSPS) is 12.9. The summed E-state index contributed by atoms with van der Waals surface area (Å²) in [6.45, 7) is 5.57. The molecule has 1 unspecified atom stereocenters. The van der Waals surface area contributed by atoms with E-state index in [0.717, 1.165) is 37.2 Å². The summed E-state index contributed by atoms with van der Waals surface area (Å²) < 4.78 is 5.98. The van der Waals surface area contributed by atoms with Gasteiger partial charge in [0.05, 0.1) is 6.10 Å². The standard InChI is InChI=1S/C17H25NO2/c1-3-5-9-17-15(12-18-11-13(19)4-2)14-8-6-7-10-16(14)20-17/h6-8,10,13,18-19H,3-5,9,11-12H2,1-2H3. The molecule has 110 valence electrons. The number of hydrogen-bond acceptors (Lipinski definition) is 3. The molecule has 2 aromatic rings. The van der Waals surface area contributed by atoms with Crippen molar-refractivity contribution in [3.63, 3.8) is 0 Å². The van der Waals surface area contributed by atoms with E-state index in [2.05, 4.69) is 18.3 Å². The number of hydrogen-bond donors (Lipinski definition) is 2. The first kappa shape index (κ1) is 15.1. The van der Waals surface area contributed by atoms with Gasteiger partial charge in [-0.1, -0.05) is 38.5 Å². The Bertz CT molecular complexity index is 533. The highest BCUT2D eigenvalue weighted by Crippen LogP contribution is 2.27. The largest absolute Gasteiger partial charge is 0.461 e. The lowest BCUT2D eigenvalue weighted by Gasteiger charge is -2.09. The van der Waals surface area contributed by atoms with Crippen LogP contribution < -0.4 is 5.32 Å². The fourth-order valence-corrected chi connectivity index (χ4v) is 2.39. The molecule has 0 spiro atoms. The van der Waals surface area contributed by atoms with Gasteiger partial charge in [0.25, 0.3) is 0 Å². The lowest BCUT2D eigenvalue weighted by molar-refractivity contribution is 0.167. The first-order valence-corrected chi connectivity index (χ1v) is 7.64. The van der Waals surface area contributed by atoms with Crippen LogP contribution in [0, 0.1) is 0 Å². The summed E-state index contributed by atoms with van der Waals surface area (Å²) >= 11 is 0. The molecule has 0 amide bonds. The van der Waals surface area contributed by atoms with E-state index in [-0.39, 0.29) is 6.10 Å². The Labute approximate surface area is 121 Å². The highest BCUT2D eigenvalue weighted by molar-refractivity contribution is 5.82. The van der Waals surface area contributed by atoms with Crippen LogP contribution in [0.4, 0.5) is 0 Å². The van der Waals surface area contributed by atoms with E-state index >= 15 is 0 Å². The Morgan fingerprint density at radius 2 is 2.05 bits per heavy atom. The summed E-state index contributed by atoms with van der Waals surface area (Å²) in [7, 11) is 0. The quantitative estimate of drug-likeness (QED) is 0.773. The van der Waals surface area contributed by atoms with Crippen LogP contribution in [0.25, 0.3) is 11.0 Å². The SMILES string of the molecule is CCCCc1oc2ccccc2c1CNCC(O)CC. The zero-order valence-electron chi connectivity index (χ0n) is 12.5. The number of rotatable bonds is 8. The lowest BCUT2D eigenvalue weighted by Crippen LogP contribution is -2.25. The van der Waals surface area contributed by atoms with Crippen LogP contribution >= 0.6 is 0 Å². The number of furan rings is 1. The smallest absolute Gasteiger partial charge is 0.134 e. The van der Waals surface area contributed by atoms with Crippen LogP contribution in [0.15, 0.2) is 28.7 Å². The summed E-state index contributed by atoms with van der Waals surface area (Å²) in [5.74, 6) is 1.09. The molecule has 2 N–H and O–H groups in total. The molecule has 3 heteroatoms. The Balaban J connectivity index is 2.15. The third kappa shape index (κ3) is 3.62. The van der Waals surface area contributed by atoms with Crippen LogP contribution in [-0.4, -0.2) is 17.8 Å². The maximum absolute atomic E-state index is 9.62. The molecule has 0 aliphatic rings. The molecule has 1 aromatic heterocycles. The first-order valence-electron chi connectivity index (χ1n) is 7.64. The Kier molecular flexibility index (Phi) is 5.62. The molecule has 1 heterocycles. The Hall–Kier alpha value is -1.32. The third-order valence-corrected chi connectivity index (χ3v) is 3.69. The molecule has 0 radical (unpaired) electrons. The van der Waals surface area contributed by atoms with Crippen molar-refractivity contribution in [2.24, 2.45) is 0 Å². The van der Waals surface area contributed by atoms with E-state index in [1.54, 1.807) is 0 Å². The van der Waals surface area contributed by atoms with E-state index < -0.39 is 0 Å². The number of nitrogens with one attached hydrogen (secondary N) is 1. The van der Waals surface area contributed by atoms with Crippen molar-refractivity contribution in [2.45, 2.75) is 52.2 Å². The fourth-order valence-electron chi connectivity index (χ4n) is 2.39. The Morgan fingerprint density at radius 3 is 2.80 bits per heavy atom. The topological polar surface area (TPSA) is 45.4 Å². The van der Waals surface area contributed by atoms with Crippen LogP contribution in [-0.2, 0) is 13.0 Å². The highest BCUT2D eigenvalue weighted by Gasteiger charge is 2.13. The molecule has 1 aromatic carbocycles. The monoisotopic (exact) mass is 275 g/mol. The average molecular weight is 275 g/mol.